The van der Waals surface area contributed by atoms with Crippen molar-refractivity contribution in [1.82, 2.24) is 20.4 Å². The lowest BCUT2D eigenvalue weighted by atomic mass is 9.93. The van der Waals surface area contributed by atoms with Gasteiger partial charge in [0.2, 0.25) is 5.91 Å². The van der Waals surface area contributed by atoms with Crippen LogP contribution >= 0.6 is 24.0 Å². The van der Waals surface area contributed by atoms with Gasteiger partial charge in [-0.15, -0.1) is 24.0 Å². The van der Waals surface area contributed by atoms with Crippen LogP contribution in [0.25, 0.3) is 0 Å². The highest BCUT2D eigenvalue weighted by Crippen LogP contribution is 2.20. The molecule has 0 saturated carbocycles. The molecule has 3 N–H and O–H groups in total. The number of rotatable bonds is 12. The summed E-state index contributed by atoms with van der Waals surface area (Å²) >= 11 is 0. The number of guanidine groups is 1. The van der Waals surface area contributed by atoms with E-state index in [1.165, 1.54) is 0 Å². The van der Waals surface area contributed by atoms with Crippen LogP contribution in [0.1, 0.15) is 65.7 Å². The Labute approximate surface area is 195 Å². The fourth-order valence-electron chi connectivity index (χ4n) is 3.94. The van der Waals surface area contributed by atoms with Crippen molar-refractivity contribution in [2.45, 2.75) is 77.4 Å². The molecule has 0 spiro atoms. The summed E-state index contributed by atoms with van der Waals surface area (Å²) in [5.41, 5.74) is -0.707. The molecule has 1 saturated heterocycles. The van der Waals surface area contributed by atoms with Gasteiger partial charge in [0.05, 0.1) is 18.2 Å². The van der Waals surface area contributed by atoms with Gasteiger partial charge >= 0.3 is 0 Å². The monoisotopic (exact) mass is 525 g/mol. The van der Waals surface area contributed by atoms with E-state index < -0.39 is 5.60 Å². The number of likely N-dealkylation sites (N-methyl/N-ethyl adjacent to an activating group) is 1. The number of hydrogen-bond acceptors (Lipinski definition) is 4. The van der Waals surface area contributed by atoms with Crippen LogP contribution in [0.5, 0.6) is 0 Å². The molecule has 8 heteroatoms. The van der Waals surface area contributed by atoms with Crippen LogP contribution in [0.4, 0.5) is 0 Å². The van der Waals surface area contributed by atoms with E-state index in [-0.39, 0.29) is 35.9 Å². The zero-order chi connectivity index (χ0) is 21.0. The Hall–Kier alpha value is -0.610. The molecule has 0 bridgehead atoms. The van der Waals surface area contributed by atoms with E-state index in [4.69, 9.17) is 0 Å². The normalized spacial score (nSPS) is 17.7. The molecule has 0 aromatic heterocycles. The van der Waals surface area contributed by atoms with Crippen molar-refractivity contribution < 1.29 is 9.90 Å². The van der Waals surface area contributed by atoms with Gasteiger partial charge in [0, 0.05) is 33.7 Å². The second kappa shape index (κ2) is 15.2. The number of likely N-dealkylation sites (tertiary alicyclic amines) is 1. The average Bonchev–Trinajstić information content (AvgIpc) is 3.11. The van der Waals surface area contributed by atoms with Gasteiger partial charge in [-0.3, -0.25) is 14.7 Å². The molecular formula is C21H44IN5O2. The Bertz CT molecular complexity index is 482. The number of halogens is 1. The van der Waals surface area contributed by atoms with Crippen molar-refractivity contribution in [1.29, 1.82) is 0 Å². The van der Waals surface area contributed by atoms with Crippen LogP contribution in [0.2, 0.25) is 0 Å². The zero-order valence-electron chi connectivity index (χ0n) is 19.2. The summed E-state index contributed by atoms with van der Waals surface area (Å²) in [6.07, 6.45) is 6.48. The third-order valence-electron chi connectivity index (χ3n) is 5.31. The molecule has 0 aromatic rings. The molecule has 1 rings (SSSR count). The molecule has 1 aliphatic rings. The van der Waals surface area contributed by atoms with Crippen LogP contribution in [-0.2, 0) is 4.79 Å². The van der Waals surface area contributed by atoms with Crippen molar-refractivity contribution in [2.24, 2.45) is 4.99 Å². The Balaban J connectivity index is 0.00000784. The molecule has 7 nitrogen and oxygen atoms in total. The zero-order valence-corrected chi connectivity index (χ0v) is 21.5. The first kappa shape index (κ1) is 28.4. The highest BCUT2D eigenvalue weighted by Gasteiger charge is 2.31. The number of hydrogen-bond donors (Lipinski definition) is 3. The molecule has 0 aliphatic carbocycles. The number of carbonyl (C=O) groups is 1. The molecule has 1 amide bonds. The minimum Gasteiger partial charge on any atom is -0.388 e. The summed E-state index contributed by atoms with van der Waals surface area (Å²) < 4.78 is 0. The first-order valence-corrected chi connectivity index (χ1v) is 11.1. The maximum absolute atomic E-state index is 12.3. The third kappa shape index (κ3) is 10.3. The summed E-state index contributed by atoms with van der Waals surface area (Å²) in [5, 5.41) is 17.4. The first-order chi connectivity index (χ1) is 13.4. The molecule has 0 aromatic carbocycles. The van der Waals surface area contributed by atoms with Crippen LogP contribution in [0, 0.1) is 0 Å². The van der Waals surface area contributed by atoms with E-state index in [1.54, 1.807) is 4.90 Å². The maximum Gasteiger partial charge on any atom is 0.239 e. The van der Waals surface area contributed by atoms with Crippen molar-refractivity contribution >= 4 is 35.8 Å². The molecule has 1 fully saturated rings. The van der Waals surface area contributed by atoms with E-state index in [1.807, 2.05) is 21.0 Å². The van der Waals surface area contributed by atoms with Crippen LogP contribution in [0.3, 0.4) is 0 Å². The largest absolute Gasteiger partial charge is 0.388 e. The lowest BCUT2D eigenvalue weighted by molar-refractivity contribution is -0.133. The van der Waals surface area contributed by atoms with Crippen molar-refractivity contribution in [3.63, 3.8) is 0 Å². The van der Waals surface area contributed by atoms with Crippen molar-refractivity contribution in [3.05, 3.63) is 0 Å². The molecule has 1 heterocycles. The van der Waals surface area contributed by atoms with Gasteiger partial charge in [-0.25, -0.2) is 0 Å². The number of carbonyl (C=O) groups excluding carboxylic acids is 1. The quantitative estimate of drug-likeness (QED) is 0.158. The van der Waals surface area contributed by atoms with Gasteiger partial charge in [-0.1, -0.05) is 26.7 Å². The van der Waals surface area contributed by atoms with E-state index in [2.05, 4.69) is 34.4 Å². The van der Waals surface area contributed by atoms with Gasteiger partial charge in [-0.05, 0) is 45.6 Å². The number of nitrogens with one attached hydrogen (secondary N) is 2. The second-order valence-corrected chi connectivity index (χ2v) is 8.13. The minimum atomic E-state index is -0.707. The van der Waals surface area contributed by atoms with E-state index in [0.29, 0.717) is 6.54 Å². The average molecular weight is 526 g/mol. The Morgan fingerprint density at radius 2 is 1.86 bits per heavy atom. The number of amides is 1. The highest BCUT2D eigenvalue weighted by atomic mass is 127. The number of aliphatic imine (C=N–C) groups is 1. The summed E-state index contributed by atoms with van der Waals surface area (Å²) in [6, 6.07) is 0.0370. The number of aliphatic hydroxyl groups is 1. The van der Waals surface area contributed by atoms with Crippen LogP contribution < -0.4 is 10.6 Å². The lowest BCUT2D eigenvalue weighted by Gasteiger charge is -2.27. The van der Waals surface area contributed by atoms with Crippen molar-refractivity contribution in [2.75, 3.05) is 46.8 Å². The molecule has 0 radical (unpaired) electrons. The van der Waals surface area contributed by atoms with Crippen LogP contribution in [-0.4, -0.2) is 85.2 Å². The predicted molar refractivity (Wildman–Crippen MR) is 132 cm³/mol. The summed E-state index contributed by atoms with van der Waals surface area (Å²) in [4.78, 5) is 20.9. The van der Waals surface area contributed by atoms with Gasteiger partial charge in [0.15, 0.2) is 5.96 Å². The summed E-state index contributed by atoms with van der Waals surface area (Å²) in [5.74, 6) is 0.974. The van der Waals surface area contributed by atoms with Gasteiger partial charge in [-0.2, -0.15) is 0 Å². The van der Waals surface area contributed by atoms with Gasteiger partial charge in [0.1, 0.15) is 0 Å². The summed E-state index contributed by atoms with van der Waals surface area (Å²) in [7, 11) is 3.66. The molecule has 1 atom stereocenters. The first-order valence-electron chi connectivity index (χ1n) is 11.1. The van der Waals surface area contributed by atoms with E-state index in [0.717, 1.165) is 77.1 Å². The summed E-state index contributed by atoms with van der Waals surface area (Å²) in [6.45, 7) is 10.2. The molecule has 172 valence electrons. The van der Waals surface area contributed by atoms with Crippen molar-refractivity contribution in [3.8, 4) is 0 Å². The van der Waals surface area contributed by atoms with Gasteiger partial charge < -0.3 is 20.6 Å². The standard InChI is InChI=1S/C21H43N5O2.HI/c1-6-12-21(28,13-7-2)17-24-20(22-8-3)23-14-10-16-26-15-9-11-18(26)19(27)25(4)5;/h18,28H,6-17H2,1-5H3,(H2,22,23,24);1H. The molecule has 1 unspecified atom stereocenters. The Kier molecular flexibility index (Phi) is 14.9. The van der Waals surface area contributed by atoms with Gasteiger partial charge in [0.25, 0.3) is 0 Å². The van der Waals surface area contributed by atoms with E-state index >= 15 is 0 Å². The maximum atomic E-state index is 12.3. The SMILES string of the molecule is CCCC(O)(CCC)CN=C(NCC)NCCCN1CCCC1C(=O)N(C)C.I. The fourth-order valence-corrected chi connectivity index (χ4v) is 3.94. The second-order valence-electron chi connectivity index (χ2n) is 8.13. The molecule has 29 heavy (non-hydrogen) atoms. The lowest BCUT2D eigenvalue weighted by Crippen LogP contribution is -2.44. The highest BCUT2D eigenvalue weighted by molar-refractivity contribution is 14.0. The minimum absolute atomic E-state index is 0. The molecule has 1 aliphatic heterocycles. The Morgan fingerprint density at radius 3 is 2.41 bits per heavy atom. The predicted octanol–water partition coefficient (Wildman–Crippen LogP) is 2.43. The van der Waals surface area contributed by atoms with Crippen LogP contribution in [0.15, 0.2) is 4.99 Å². The third-order valence-corrected chi connectivity index (χ3v) is 5.31. The number of nitrogens with zero attached hydrogens (tertiary/aromatic N) is 3. The topological polar surface area (TPSA) is 80.2 Å². The Morgan fingerprint density at radius 1 is 1.21 bits per heavy atom. The smallest absolute Gasteiger partial charge is 0.239 e. The van der Waals surface area contributed by atoms with E-state index in [9.17, 15) is 9.90 Å². The molecular weight excluding hydrogens is 481 g/mol. The fraction of sp³-hybridized carbons (Fsp3) is 0.905.